The molecule has 158 valence electrons. The normalized spacial score (nSPS) is 12.9. The van der Waals surface area contributed by atoms with Gasteiger partial charge in [-0.25, -0.2) is 4.39 Å². The van der Waals surface area contributed by atoms with Crippen LogP contribution < -0.4 is 5.32 Å². The summed E-state index contributed by atoms with van der Waals surface area (Å²) in [5.74, 6) is -0.255. The fraction of sp³-hybridized carbons (Fsp3) is 0.167. The molecule has 3 aromatic carbocycles. The maximum atomic E-state index is 13.4. The molecule has 0 amide bonds. The van der Waals surface area contributed by atoms with Crippen molar-refractivity contribution < 1.29 is 9.50 Å². The first-order valence-electron chi connectivity index (χ1n) is 10.0. The number of nitrogens with zero attached hydrogens (tertiary/aromatic N) is 1. The molecule has 0 saturated carbocycles. The van der Waals surface area contributed by atoms with Crippen LogP contribution in [0.5, 0.6) is 0 Å². The van der Waals surface area contributed by atoms with Crippen molar-refractivity contribution in [2.75, 3.05) is 6.54 Å². The number of fused-ring (bicyclic) bond motifs is 4. The Labute approximate surface area is 195 Å². The zero-order valence-electron chi connectivity index (χ0n) is 16.5. The van der Waals surface area contributed by atoms with E-state index in [4.69, 9.17) is 0 Å². The van der Waals surface area contributed by atoms with Gasteiger partial charge in [-0.3, -0.25) is 0 Å². The molecule has 0 aliphatic heterocycles. The number of aliphatic hydroxyl groups is 1. The van der Waals surface area contributed by atoms with Gasteiger partial charge in [-0.05, 0) is 60.2 Å². The van der Waals surface area contributed by atoms with Crippen molar-refractivity contribution in [3.8, 4) is 0 Å². The van der Waals surface area contributed by atoms with Crippen molar-refractivity contribution in [2.24, 2.45) is 0 Å². The minimum absolute atomic E-state index is 0.255. The van der Waals surface area contributed by atoms with Crippen molar-refractivity contribution in [1.82, 2.24) is 14.9 Å². The number of rotatable bonds is 6. The highest BCUT2D eigenvalue weighted by Gasteiger charge is 2.15. The Morgan fingerprint density at radius 1 is 0.935 bits per heavy atom. The fourth-order valence-electron chi connectivity index (χ4n) is 4.20. The lowest BCUT2D eigenvalue weighted by Gasteiger charge is -2.15. The molecular weight excluding hydrogens is 525 g/mol. The second kappa shape index (κ2) is 8.39. The van der Waals surface area contributed by atoms with Crippen LogP contribution in [0.4, 0.5) is 4.39 Å². The number of H-pyrrole nitrogens is 1. The monoisotopic (exact) mass is 543 g/mol. The molecule has 31 heavy (non-hydrogen) atoms. The van der Waals surface area contributed by atoms with E-state index in [0.29, 0.717) is 19.6 Å². The number of nitrogens with one attached hydrogen (secondary N) is 2. The van der Waals surface area contributed by atoms with Gasteiger partial charge in [0, 0.05) is 60.9 Å². The molecule has 0 radical (unpaired) electrons. The van der Waals surface area contributed by atoms with Gasteiger partial charge < -0.3 is 20.0 Å². The van der Waals surface area contributed by atoms with Gasteiger partial charge in [0.25, 0.3) is 0 Å². The molecule has 0 fully saturated rings. The third-order valence-corrected chi connectivity index (χ3v) is 6.59. The number of halogens is 3. The lowest BCUT2D eigenvalue weighted by Crippen LogP contribution is -2.29. The predicted octanol–water partition coefficient (Wildman–Crippen LogP) is 6.09. The van der Waals surface area contributed by atoms with Gasteiger partial charge in [0.15, 0.2) is 0 Å². The molecule has 2 aromatic heterocycles. The van der Waals surface area contributed by atoms with Crippen LogP contribution in [0.15, 0.2) is 69.7 Å². The largest absolute Gasteiger partial charge is 0.390 e. The van der Waals surface area contributed by atoms with Crippen molar-refractivity contribution in [3.63, 3.8) is 0 Å². The highest BCUT2D eigenvalue weighted by atomic mass is 79.9. The van der Waals surface area contributed by atoms with Crippen LogP contribution in [0, 0.1) is 5.82 Å². The fourth-order valence-corrected chi connectivity index (χ4v) is 4.92. The van der Waals surface area contributed by atoms with Gasteiger partial charge in [-0.2, -0.15) is 0 Å². The highest BCUT2D eigenvalue weighted by molar-refractivity contribution is 9.10. The summed E-state index contributed by atoms with van der Waals surface area (Å²) < 4.78 is 17.6. The van der Waals surface area contributed by atoms with Gasteiger partial charge in [0.2, 0.25) is 0 Å². The van der Waals surface area contributed by atoms with E-state index < -0.39 is 6.10 Å². The van der Waals surface area contributed by atoms with E-state index in [-0.39, 0.29) is 5.82 Å². The van der Waals surface area contributed by atoms with Crippen molar-refractivity contribution in [1.29, 1.82) is 0 Å². The number of aliphatic hydroxyl groups excluding tert-OH is 1. The first-order chi connectivity index (χ1) is 15.0. The molecule has 1 unspecified atom stereocenters. The Morgan fingerprint density at radius 3 is 2.29 bits per heavy atom. The number of hydrogen-bond donors (Lipinski definition) is 3. The van der Waals surface area contributed by atoms with Gasteiger partial charge >= 0.3 is 0 Å². The Morgan fingerprint density at radius 2 is 1.61 bits per heavy atom. The Kier molecular flexibility index (Phi) is 5.60. The third kappa shape index (κ3) is 4.03. The first kappa shape index (κ1) is 20.7. The topological polar surface area (TPSA) is 53.0 Å². The quantitative estimate of drug-likeness (QED) is 0.242. The second-order valence-electron chi connectivity index (χ2n) is 7.72. The summed E-state index contributed by atoms with van der Waals surface area (Å²) in [6.45, 7) is 1.52. The maximum absolute atomic E-state index is 13.4. The lowest BCUT2D eigenvalue weighted by molar-refractivity contribution is 0.154. The summed E-state index contributed by atoms with van der Waals surface area (Å²) >= 11 is 7.13. The summed E-state index contributed by atoms with van der Waals surface area (Å²) in [4.78, 5) is 3.10. The van der Waals surface area contributed by atoms with E-state index in [1.54, 1.807) is 6.07 Å². The summed E-state index contributed by atoms with van der Waals surface area (Å²) in [6, 6.07) is 17.2. The van der Waals surface area contributed by atoms with E-state index in [9.17, 15) is 9.50 Å². The molecular formula is C24H20Br2FN3O. The Bertz CT molecular complexity index is 1350. The Balaban J connectivity index is 1.34. The second-order valence-corrected chi connectivity index (χ2v) is 9.55. The minimum atomic E-state index is -0.561. The van der Waals surface area contributed by atoms with E-state index in [1.165, 1.54) is 12.1 Å². The average molecular weight is 545 g/mol. The molecule has 0 spiro atoms. The van der Waals surface area contributed by atoms with Gasteiger partial charge in [-0.15, -0.1) is 0 Å². The van der Waals surface area contributed by atoms with E-state index in [0.717, 1.165) is 47.2 Å². The molecule has 1 atom stereocenters. The lowest BCUT2D eigenvalue weighted by atomic mass is 10.1. The van der Waals surface area contributed by atoms with Gasteiger partial charge in [0.1, 0.15) is 5.82 Å². The maximum Gasteiger partial charge on any atom is 0.125 e. The number of aromatic amines is 1. The molecule has 5 aromatic rings. The van der Waals surface area contributed by atoms with E-state index in [1.807, 2.05) is 18.3 Å². The van der Waals surface area contributed by atoms with Crippen LogP contribution in [0.25, 0.3) is 32.7 Å². The SMILES string of the molecule is OC(CNCc1c[nH]c2cc(F)ccc12)Cn1c2ccc(Br)cc2c2cc(Br)ccc21. The molecule has 0 aliphatic carbocycles. The molecule has 0 aliphatic rings. The smallest absolute Gasteiger partial charge is 0.125 e. The van der Waals surface area contributed by atoms with E-state index >= 15 is 0 Å². The summed E-state index contributed by atoms with van der Waals surface area (Å²) in [7, 11) is 0. The highest BCUT2D eigenvalue weighted by Crippen LogP contribution is 2.33. The van der Waals surface area contributed by atoms with E-state index in [2.05, 4.69) is 71.0 Å². The van der Waals surface area contributed by atoms with Crippen LogP contribution >= 0.6 is 31.9 Å². The molecule has 2 heterocycles. The minimum Gasteiger partial charge on any atom is -0.390 e. The molecule has 5 rings (SSSR count). The molecule has 3 N–H and O–H groups in total. The van der Waals surface area contributed by atoms with Crippen LogP contribution in [0.2, 0.25) is 0 Å². The van der Waals surface area contributed by atoms with Crippen LogP contribution in [0.3, 0.4) is 0 Å². The molecule has 0 bridgehead atoms. The molecule has 7 heteroatoms. The zero-order chi connectivity index (χ0) is 21.5. The van der Waals surface area contributed by atoms with Crippen LogP contribution in [-0.4, -0.2) is 27.3 Å². The zero-order valence-corrected chi connectivity index (χ0v) is 19.7. The van der Waals surface area contributed by atoms with Crippen LogP contribution in [-0.2, 0) is 13.1 Å². The molecule has 4 nitrogen and oxygen atoms in total. The summed E-state index contributed by atoms with van der Waals surface area (Å²) in [6.07, 6.45) is 1.32. The summed E-state index contributed by atoms with van der Waals surface area (Å²) in [5.41, 5.74) is 4.01. The standard InChI is InChI=1S/C24H20Br2FN3O/c25-15-1-5-23-20(7-15)21-8-16(26)2-6-24(21)30(23)13-18(31)12-28-10-14-11-29-22-9-17(27)3-4-19(14)22/h1-9,11,18,28-29,31H,10,12-13H2. The first-order valence-corrected chi connectivity index (χ1v) is 11.6. The van der Waals surface area contributed by atoms with Crippen LogP contribution in [0.1, 0.15) is 5.56 Å². The van der Waals surface area contributed by atoms with Gasteiger partial charge in [-0.1, -0.05) is 31.9 Å². The number of aromatic nitrogens is 2. The third-order valence-electron chi connectivity index (χ3n) is 5.61. The summed E-state index contributed by atoms with van der Waals surface area (Å²) in [5, 5.41) is 17.4. The predicted molar refractivity (Wildman–Crippen MR) is 131 cm³/mol. The number of hydrogen-bond acceptors (Lipinski definition) is 2. The van der Waals surface area contributed by atoms with Crippen molar-refractivity contribution in [2.45, 2.75) is 19.2 Å². The Hall–Kier alpha value is -2.19. The van der Waals surface area contributed by atoms with Crippen molar-refractivity contribution >= 4 is 64.6 Å². The van der Waals surface area contributed by atoms with Gasteiger partial charge in [0.05, 0.1) is 12.6 Å². The van der Waals surface area contributed by atoms with Crippen molar-refractivity contribution in [3.05, 3.63) is 81.1 Å². The number of benzene rings is 3. The average Bonchev–Trinajstić information content (AvgIpc) is 3.26. The molecule has 0 saturated heterocycles.